The Balaban J connectivity index is 1.93. The van der Waals surface area contributed by atoms with Crippen molar-refractivity contribution in [2.75, 3.05) is 13.1 Å². The van der Waals surface area contributed by atoms with Crippen LogP contribution in [0.4, 0.5) is 0 Å². The predicted molar refractivity (Wildman–Crippen MR) is 81.9 cm³/mol. The summed E-state index contributed by atoms with van der Waals surface area (Å²) in [6.45, 7) is 3.15. The molecular formula is C15H19N3OS. The lowest BCUT2D eigenvalue weighted by molar-refractivity contribution is 0.0944. The molecule has 1 heterocycles. The molecular weight excluding hydrogens is 270 g/mol. The summed E-state index contributed by atoms with van der Waals surface area (Å²) in [6, 6.07) is 10.1. The highest BCUT2D eigenvalue weighted by Gasteiger charge is 2.11. The maximum Gasteiger partial charge on any atom is 0.270 e. The van der Waals surface area contributed by atoms with Crippen molar-refractivity contribution in [1.82, 2.24) is 10.3 Å². The second kappa shape index (κ2) is 7.17. The van der Waals surface area contributed by atoms with E-state index >= 15 is 0 Å². The molecule has 0 saturated heterocycles. The number of rotatable bonds is 6. The molecule has 2 aromatic rings. The zero-order chi connectivity index (χ0) is 14.4. The number of aromatic nitrogens is 1. The van der Waals surface area contributed by atoms with Gasteiger partial charge in [0.25, 0.3) is 5.91 Å². The van der Waals surface area contributed by atoms with Crippen LogP contribution in [0.15, 0.2) is 35.7 Å². The second-order valence-corrected chi connectivity index (χ2v) is 5.78. The highest BCUT2D eigenvalue weighted by atomic mass is 32.1. The van der Waals surface area contributed by atoms with Gasteiger partial charge in [0.2, 0.25) is 0 Å². The fourth-order valence-electron chi connectivity index (χ4n) is 1.71. The summed E-state index contributed by atoms with van der Waals surface area (Å²) >= 11 is 1.52. The predicted octanol–water partition coefficient (Wildman–Crippen LogP) is 2.06. The molecule has 0 fully saturated rings. The smallest absolute Gasteiger partial charge is 0.270 e. The molecule has 0 radical (unpaired) electrons. The van der Waals surface area contributed by atoms with E-state index in [9.17, 15) is 4.79 Å². The van der Waals surface area contributed by atoms with Crippen LogP contribution in [0.1, 0.15) is 28.0 Å². The van der Waals surface area contributed by atoms with Crippen LogP contribution in [0.5, 0.6) is 0 Å². The van der Waals surface area contributed by atoms with Crippen molar-refractivity contribution in [3.05, 3.63) is 52.0 Å². The van der Waals surface area contributed by atoms with Crippen molar-refractivity contribution in [1.29, 1.82) is 0 Å². The van der Waals surface area contributed by atoms with E-state index in [4.69, 9.17) is 5.73 Å². The number of nitrogens with zero attached hydrogens (tertiary/aromatic N) is 1. The molecule has 3 N–H and O–H groups in total. The molecule has 0 bridgehead atoms. The summed E-state index contributed by atoms with van der Waals surface area (Å²) in [5.74, 6) is 0.155. The average Bonchev–Trinajstić information content (AvgIpc) is 2.94. The molecule has 2 rings (SSSR count). The molecule has 0 aliphatic heterocycles. The number of amides is 1. The lowest BCUT2D eigenvalue weighted by Crippen LogP contribution is -2.31. The van der Waals surface area contributed by atoms with Gasteiger partial charge in [0, 0.05) is 18.3 Å². The van der Waals surface area contributed by atoms with E-state index in [0.717, 1.165) is 11.4 Å². The van der Waals surface area contributed by atoms with E-state index in [1.54, 1.807) is 5.38 Å². The number of nitrogens with one attached hydrogen (secondary N) is 1. The van der Waals surface area contributed by atoms with Crippen LogP contribution in [-0.4, -0.2) is 24.0 Å². The standard InChI is InChI=1S/C15H19N3OS/c1-11(8-16)9-17-15(19)13-10-20-14(18-13)7-12-5-3-2-4-6-12/h2-6,10-11H,7-9,16H2,1H3,(H,17,19). The van der Waals surface area contributed by atoms with Crippen LogP contribution in [0.2, 0.25) is 0 Å². The Morgan fingerprint density at radius 1 is 1.40 bits per heavy atom. The fourth-order valence-corrected chi connectivity index (χ4v) is 2.52. The molecule has 1 unspecified atom stereocenters. The topological polar surface area (TPSA) is 68.0 Å². The van der Waals surface area contributed by atoms with Gasteiger partial charge in [0.05, 0.1) is 5.01 Å². The lowest BCUT2D eigenvalue weighted by atomic mass is 10.2. The van der Waals surface area contributed by atoms with Gasteiger partial charge in [-0.15, -0.1) is 11.3 Å². The third-order valence-corrected chi connectivity index (χ3v) is 3.84. The first-order chi connectivity index (χ1) is 9.69. The molecule has 4 nitrogen and oxygen atoms in total. The molecule has 1 aromatic carbocycles. The number of hydrogen-bond acceptors (Lipinski definition) is 4. The minimum Gasteiger partial charge on any atom is -0.350 e. The molecule has 106 valence electrons. The minimum absolute atomic E-state index is 0.124. The summed E-state index contributed by atoms with van der Waals surface area (Å²) in [5, 5.41) is 5.61. The maximum atomic E-state index is 11.9. The van der Waals surface area contributed by atoms with Crippen LogP contribution in [-0.2, 0) is 6.42 Å². The van der Waals surface area contributed by atoms with Crippen LogP contribution in [0.3, 0.4) is 0 Å². The Morgan fingerprint density at radius 3 is 2.85 bits per heavy atom. The van der Waals surface area contributed by atoms with Crippen molar-refractivity contribution in [2.45, 2.75) is 13.3 Å². The third kappa shape index (κ3) is 4.15. The van der Waals surface area contributed by atoms with Gasteiger partial charge in [0.1, 0.15) is 5.69 Å². The highest BCUT2D eigenvalue weighted by molar-refractivity contribution is 7.09. The zero-order valence-corrected chi connectivity index (χ0v) is 12.3. The fraction of sp³-hybridized carbons (Fsp3) is 0.333. The van der Waals surface area contributed by atoms with Crippen LogP contribution in [0.25, 0.3) is 0 Å². The zero-order valence-electron chi connectivity index (χ0n) is 11.5. The van der Waals surface area contributed by atoms with Crippen molar-refractivity contribution < 1.29 is 4.79 Å². The van der Waals surface area contributed by atoms with Gasteiger partial charge < -0.3 is 11.1 Å². The second-order valence-electron chi connectivity index (χ2n) is 4.84. The first-order valence-electron chi connectivity index (χ1n) is 6.65. The largest absolute Gasteiger partial charge is 0.350 e. The highest BCUT2D eigenvalue weighted by Crippen LogP contribution is 2.14. The van der Waals surface area contributed by atoms with Gasteiger partial charge in [-0.3, -0.25) is 4.79 Å². The van der Waals surface area contributed by atoms with Gasteiger partial charge in [-0.05, 0) is 18.0 Å². The van der Waals surface area contributed by atoms with Gasteiger partial charge in [-0.1, -0.05) is 37.3 Å². The molecule has 5 heteroatoms. The van der Waals surface area contributed by atoms with E-state index in [1.165, 1.54) is 16.9 Å². The summed E-state index contributed by atoms with van der Waals surface area (Å²) in [5.41, 5.74) is 7.21. The summed E-state index contributed by atoms with van der Waals surface area (Å²) in [6.07, 6.45) is 0.762. The molecule has 1 aromatic heterocycles. The van der Waals surface area contributed by atoms with Crippen LogP contribution in [0, 0.1) is 5.92 Å². The maximum absolute atomic E-state index is 11.9. The van der Waals surface area contributed by atoms with E-state index in [2.05, 4.69) is 22.4 Å². The number of nitrogens with two attached hydrogens (primary N) is 1. The number of thiazole rings is 1. The Bertz CT molecular complexity index is 553. The first-order valence-corrected chi connectivity index (χ1v) is 7.53. The molecule has 0 aliphatic carbocycles. The lowest BCUT2D eigenvalue weighted by Gasteiger charge is -2.08. The minimum atomic E-state index is -0.124. The third-order valence-electron chi connectivity index (χ3n) is 3.00. The van der Waals surface area contributed by atoms with E-state index in [1.807, 2.05) is 25.1 Å². The summed E-state index contributed by atoms with van der Waals surface area (Å²) < 4.78 is 0. The van der Waals surface area contributed by atoms with Crippen LogP contribution < -0.4 is 11.1 Å². The Hall–Kier alpha value is -1.72. The summed E-state index contributed by atoms with van der Waals surface area (Å²) in [7, 11) is 0. The van der Waals surface area contributed by atoms with Crippen molar-refractivity contribution in [2.24, 2.45) is 11.7 Å². The Morgan fingerprint density at radius 2 is 2.15 bits per heavy atom. The van der Waals surface area contributed by atoms with Crippen molar-refractivity contribution >= 4 is 17.2 Å². The van der Waals surface area contributed by atoms with E-state index < -0.39 is 0 Å². The van der Waals surface area contributed by atoms with Crippen LogP contribution >= 0.6 is 11.3 Å². The quantitative estimate of drug-likeness (QED) is 0.855. The van der Waals surface area contributed by atoms with Gasteiger partial charge in [-0.2, -0.15) is 0 Å². The normalized spacial score (nSPS) is 12.1. The molecule has 1 atom stereocenters. The van der Waals surface area contributed by atoms with Gasteiger partial charge in [0.15, 0.2) is 0 Å². The molecule has 0 spiro atoms. The SMILES string of the molecule is CC(CN)CNC(=O)c1csc(Cc2ccccc2)n1. The number of hydrogen-bond donors (Lipinski definition) is 2. The Labute approximate surface area is 123 Å². The van der Waals surface area contributed by atoms with Crippen molar-refractivity contribution in [3.8, 4) is 0 Å². The summed E-state index contributed by atoms with van der Waals surface area (Å²) in [4.78, 5) is 16.3. The molecule has 1 amide bonds. The number of carbonyl (C=O) groups excluding carboxylic acids is 1. The van der Waals surface area contributed by atoms with Crippen molar-refractivity contribution in [3.63, 3.8) is 0 Å². The van der Waals surface area contributed by atoms with E-state index in [-0.39, 0.29) is 11.8 Å². The monoisotopic (exact) mass is 289 g/mol. The van der Waals surface area contributed by atoms with Gasteiger partial charge >= 0.3 is 0 Å². The first kappa shape index (κ1) is 14.7. The molecule has 0 saturated carbocycles. The average molecular weight is 289 g/mol. The van der Waals surface area contributed by atoms with Gasteiger partial charge in [-0.25, -0.2) is 4.98 Å². The number of carbonyl (C=O) groups is 1. The van der Waals surface area contributed by atoms with E-state index in [0.29, 0.717) is 18.8 Å². The Kier molecular flexibility index (Phi) is 5.26. The molecule has 20 heavy (non-hydrogen) atoms. The number of benzene rings is 1. The molecule has 0 aliphatic rings.